The fourth-order valence-electron chi connectivity index (χ4n) is 1.03. The van der Waals surface area contributed by atoms with Crippen molar-refractivity contribution in [3.63, 3.8) is 0 Å². The van der Waals surface area contributed by atoms with Crippen molar-refractivity contribution in [2.45, 2.75) is 17.4 Å². The first kappa shape index (κ1) is 7.51. The van der Waals surface area contributed by atoms with Crippen LogP contribution in [0.4, 0.5) is 0 Å². The monoisotopic (exact) mass is 193 g/mol. The fourth-order valence-corrected chi connectivity index (χ4v) is 1.68. The lowest BCUT2D eigenvalue weighted by atomic mass is 10.1. The number of nitrogens with one attached hydrogen (secondary N) is 1. The smallest absolute Gasteiger partial charge is 0.0706 e. The third-order valence-electron chi connectivity index (χ3n) is 1.59. The number of alkyl halides is 1. The lowest BCUT2D eigenvalue weighted by Crippen LogP contribution is -2.40. The largest absolute Gasteiger partial charge is 0.380 e. The van der Waals surface area contributed by atoms with Crippen LogP contribution in [0.25, 0.3) is 0 Å². The molecule has 0 amide bonds. The Kier molecular flexibility index (Phi) is 2.95. The SMILES string of the molecule is COC1CNCC(Br)C1. The van der Waals surface area contributed by atoms with Crippen molar-refractivity contribution < 1.29 is 4.74 Å². The molecule has 0 saturated carbocycles. The molecule has 0 spiro atoms. The number of methoxy groups -OCH3 is 1. The number of halogens is 1. The van der Waals surface area contributed by atoms with Gasteiger partial charge in [0.15, 0.2) is 0 Å². The number of hydrogen-bond acceptors (Lipinski definition) is 2. The van der Waals surface area contributed by atoms with E-state index in [9.17, 15) is 0 Å². The summed E-state index contributed by atoms with van der Waals surface area (Å²) < 4.78 is 5.17. The zero-order chi connectivity index (χ0) is 6.69. The van der Waals surface area contributed by atoms with Crippen molar-refractivity contribution in [1.82, 2.24) is 5.32 Å². The maximum Gasteiger partial charge on any atom is 0.0706 e. The standard InChI is InChI=1S/C6H12BrNO/c1-9-6-2-5(7)3-8-4-6/h5-6,8H,2-4H2,1H3. The third-order valence-corrected chi connectivity index (χ3v) is 2.29. The van der Waals surface area contributed by atoms with Crippen molar-refractivity contribution in [3.8, 4) is 0 Å². The van der Waals surface area contributed by atoms with Gasteiger partial charge in [0.2, 0.25) is 0 Å². The molecule has 1 saturated heterocycles. The van der Waals surface area contributed by atoms with E-state index in [4.69, 9.17) is 4.74 Å². The summed E-state index contributed by atoms with van der Waals surface area (Å²) in [6.45, 7) is 2.07. The highest BCUT2D eigenvalue weighted by Crippen LogP contribution is 2.12. The van der Waals surface area contributed by atoms with Gasteiger partial charge in [0, 0.05) is 25.0 Å². The minimum Gasteiger partial charge on any atom is -0.380 e. The molecule has 0 aromatic rings. The predicted octanol–water partition coefficient (Wildman–Crippen LogP) is 0.758. The van der Waals surface area contributed by atoms with Gasteiger partial charge in [-0.25, -0.2) is 0 Å². The van der Waals surface area contributed by atoms with E-state index in [1.54, 1.807) is 7.11 Å². The molecule has 1 N–H and O–H groups in total. The average molecular weight is 194 g/mol. The first-order valence-corrected chi connectivity index (χ1v) is 4.12. The van der Waals surface area contributed by atoms with E-state index >= 15 is 0 Å². The highest BCUT2D eigenvalue weighted by molar-refractivity contribution is 9.09. The molecule has 0 aromatic carbocycles. The highest BCUT2D eigenvalue weighted by atomic mass is 79.9. The first-order valence-electron chi connectivity index (χ1n) is 3.20. The number of rotatable bonds is 1. The van der Waals surface area contributed by atoms with Crippen LogP contribution in [0, 0.1) is 0 Å². The summed E-state index contributed by atoms with van der Waals surface area (Å²) in [5.74, 6) is 0. The Hall–Kier alpha value is 0.400. The molecular formula is C6H12BrNO. The zero-order valence-electron chi connectivity index (χ0n) is 5.56. The van der Waals surface area contributed by atoms with Crippen LogP contribution in [0.15, 0.2) is 0 Å². The molecular weight excluding hydrogens is 182 g/mol. The quantitative estimate of drug-likeness (QED) is 0.622. The van der Waals surface area contributed by atoms with Crippen LogP contribution in [0.2, 0.25) is 0 Å². The van der Waals surface area contributed by atoms with E-state index in [0.29, 0.717) is 10.9 Å². The topological polar surface area (TPSA) is 21.3 Å². The Labute approximate surface area is 64.1 Å². The molecule has 0 bridgehead atoms. The van der Waals surface area contributed by atoms with E-state index in [-0.39, 0.29) is 0 Å². The first-order chi connectivity index (χ1) is 4.33. The van der Waals surface area contributed by atoms with Gasteiger partial charge < -0.3 is 10.1 Å². The van der Waals surface area contributed by atoms with Gasteiger partial charge in [-0.1, -0.05) is 15.9 Å². The molecule has 2 atom stereocenters. The summed E-state index contributed by atoms with van der Waals surface area (Å²) in [4.78, 5) is 0.594. The van der Waals surface area contributed by atoms with Crippen molar-refractivity contribution in [1.29, 1.82) is 0 Å². The van der Waals surface area contributed by atoms with Crippen LogP contribution in [-0.4, -0.2) is 31.1 Å². The Morgan fingerprint density at radius 1 is 1.56 bits per heavy atom. The summed E-state index contributed by atoms with van der Waals surface area (Å²) >= 11 is 3.53. The summed E-state index contributed by atoms with van der Waals surface area (Å²) in [7, 11) is 1.76. The molecule has 1 aliphatic heterocycles. The minimum atomic E-state index is 0.406. The molecule has 2 nitrogen and oxygen atoms in total. The molecule has 0 aliphatic carbocycles. The maximum atomic E-state index is 5.17. The van der Waals surface area contributed by atoms with E-state index < -0.39 is 0 Å². The molecule has 2 unspecified atom stereocenters. The minimum absolute atomic E-state index is 0.406. The fraction of sp³-hybridized carbons (Fsp3) is 1.00. The van der Waals surface area contributed by atoms with Crippen molar-refractivity contribution in [2.75, 3.05) is 20.2 Å². The number of piperidine rings is 1. The summed E-state index contributed by atoms with van der Waals surface area (Å²) in [6, 6.07) is 0. The highest BCUT2D eigenvalue weighted by Gasteiger charge is 2.18. The Balaban J connectivity index is 2.23. The second-order valence-electron chi connectivity index (χ2n) is 2.35. The van der Waals surface area contributed by atoms with E-state index in [0.717, 1.165) is 19.5 Å². The lowest BCUT2D eigenvalue weighted by Gasteiger charge is -2.25. The summed E-state index contributed by atoms with van der Waals surface area (Å²) in [5, 5.41) is 3.26. The van der Waals surface area contributed by atoms with Gasteiger partial charge in [0.1, 0.15) is 0 Å². The van der Waals surface area contributed by atoms with Crippen LogP contribution in [0.3, 0.4) is 0 Å². The second kappa shape index (κ2) is 3.54. The maximum absolute atomic E-state index is 5.17. The molecule has 1 aliphatic rings. The van der Waals surface area contributed by atoms with E-state index in [1.165, 1.54) is 0 Å². The summed E-state index contributed by atoms with van der Waals surface area (Å²) in [5.41, 5.74) is 0. The number of ether oxygens (including phenoxy) is 1. The number of hydrogen-bond donors (Lipinski definition) is 1. The van der Waals surface area contributed by atoms with Crippen molar-refractivity contribution >= 4 is 15.9 Å². The van der Waals surface area contributed by atoms with Gasteiger partial charge in [-0.05, 0) is 6.42 Å². The summed E-state index contributed by atoms with van der Waals surface area (Å²) in [6.07, 6.45) is 1.53. The molecule has 9 heavy (non-hydrogen) atoms. The normalized spacial score (nSPS) is 36.7. The molecule has 1 rings (SSSR count). The Morgan fingerprint density at radius 3 is 2.78 bits per heavy atom. The van der Waals surface area contributed by atoms with Gasteiger partial charge in [0.05, 0.1) is 6.10 Å². The van der Waals surface area contributed by atoms with Crippen LogP contribution >= 0.6 is 15.9 Å². The van der Waals surface area contributed by atoms with Crippen LogP contribution < -0.4 is 5.32 Å². The molecule has 3 heteroatoms. The predicted molar refractivity (Wildman–Crippen MR) is 41.0 cm³/mol. The molecule has 1 fully saturated rings. The van der Waals surface area contributed by atoms with Gasteiger partial charge in [0.25, 0.3) is 0 Å². The van der Waals surface area contributed by atoms with E-state index in [1.807, 2.05) is 0 Å². The van der Waals surface area contributed by atoms with Crippen molar-refractivity contribution in [2.24, 2.45) is 0 Å². The lowest BCUT2D eigenvalue weighted by molar-refractivity contribution is 0.0836. The Bertz CT molecular complexity index is 89.1. The van der Waals surface area contributed by atoms with Gasteiger partial charge in [-0.3, -0.25) is 0 Å². The molecule has 1 heterocycles. The van der Waals surface area contributed by atoms with E-state index in [2.05, 4.69) is 21.2 Å². The van der Waals surface area contributed by atoms with Crippen molar-refractivity contribution in [3.05, 3.63) is 0 Å². The van der Waals surface area contributed by atoms with Gasteiger partial charge in [-0.2, -0.15) is 0 Å². The average Bonchev–Trinajstić information content (AvgIpc) is 1.88. The van der Waals surface area contributed by atoms with Crippen LogP contribution in [0.5, 0.6) is 0 Å². The third kappa shape index (κ3) is 2.24. The molecule has 0 aromatic heterocycles. The molecule has 54 valence electrons. The second-order valence-corrected chi connectivity index (χ2v) is 3.64. The van der Waals surface area contributed by atoms with Crippen LogP contribution in [-0.2, 0) is 4.74 Å². The van der Waals surface area contributed by atoms with Crippen LogP contribution in [0.1, 0.15) is 6.42 Å². The van der Waals surface area contributed by atoms with Gasteiger partial charge >= 0.3 is 0 Å². The molecule has 0 radical (unpaired) electrons. The Morgan fingerprint density at radius 2 is 2.33 bits per heavy atom. The van der Waals surface area contributed by atoms with Gasteiger partial charge in [-0.15, -0.1) is 0 Å². The zero-order valence-corrected chi connectivity index (χ0v) is 7.15.